The van der Waals surface area contributed by atoms with Gasteiger partial charge in [0.25, 0.3) is 0 Å². The van der Waals surface area contributed by atoms with E-state index in [0.29, 0.717) is 5.92 Å². The van der Waals surface area contributed by atoms with Crippen LogP contribution in [0.15, 0.2) is 0 Å². The number of hydrogen-bond donors (Lipinski definition) is 1. The lowest BCUT2D eigenvalue weighted by Gasteiger charge is -2.38. The second-order valence-corrected chi connectivity index (χ2v) is 5.52. The van der Waals surface area contributed by atoms with Crippen LogP contribution >= 0.6 is 0 Å². The van der Waals surface area contributed by atoms with Gasteiger partial charge < -0.3 is 5.11 Å². The van der Waals surface area contributed by atoms with Gasteiger partial charge >= 0.3 is 0 Å². The van der Waals surface area contributed by atoms with Crippen LogP contribution in [0.1, 0.15) is 45.4 Å². The van der Waals surface area contributed by atoms with E-state index in [-0.39, 0.29) is 5.60 Å². The Morgan fingerprint density at radius 3 is 2.85 bits per heavy atom. The maximum atomic E-state index is 10.4. The summed E-state index contributed by atoms with van der Waals surface area (Å²) in [6.07, 6.45) is 7.76. The van der Waals surface area contributed by atoms with Crippen LogP contribution in [-0.2, 0) is 0 Å². The molecule has 3 saturated carbocycles. The Bertz CT molecular complexity index is 225. The van der Waals surface area contributed by atoms with Gasteiger partial charge in [0.15, 0.2) is 0 Å². The Labute approximate surface area is 80.5 Å². The van der Waals surface area contributed by atoms with Gasteiger partial charge in [0.1, 0.15) is 0 Å². The van der Waals surface area contributed by atoms with E-state index >= 15 is 0 Å². The number of aliphatic hydroxyl groups is 1. The van der Waals surface area contributed by atoms with Crippen molar-refractivity contribution in [1.29, 1.82) is 0 Å². The van der Waals surface area contributed by atoms with Crippen molar-refractivity contribution in [3.8, 4) is 0 Å². The average Bonchev–Trinajstić information content (AvgIpc) is 2.72. The predicted octanol–water partition coefficient (Wildman–Crippen LogP) is 2.58. The lowest BCUT2D eigenvalue weighted by Crippen LogP contribution is -2.40. The summed E-state index contributed by atoms with van der Waals surface area (Å²) in [4.78, 5) is 0. The standard InChI is InChI=1S/C12H20O/c1-2-12(13)7-8-6-11(12)10-5-3-4-9(8)10/h8-11,13H,2-7H2,1H3/t8-,9+,10+,11-,12+/m1/s1. The highest BCUT2D eigenvalue weighted by Gasteiger charge is 2.59. The van der Waals surface area contributed by atoms with Crippen molar-refractivity contribution in [3.05, 3.63) is 0 Å². The lowest BCUT2D eigenvalue weighted by molar-refractivity contribution is -0.0482. The highest BCUT2D eigenvalue weighted by molar-refractivity contribution is 5.09. The molecule has 13 heavy (non-hydrogen) atoms. The molecule has 0 unspecified atom stereocenters. The van der Waals surface area contributed by atoms with E-state index in [1.165, 1.54) is 25.7 Å². The Kier molecular flexibility index (Phi) is 1.59. The largest absolute Gasteiger partial charge is 0.390 e. The summed E-state index contributed by atoms with van der Waals surface area (Å²) < 4.78 is 0. The SMILES string of the molecule is CC[C@]1(O)C[C@H]2C[C@@H]1[C@H]1CCC[C@@H]21. The van der Waals surface area contributed by atoms with E-state index in [2.05, 4.69) is 6.92 Å². The fourth-order valence-corrected chi connectivity index (χ4v) is 4.64. The maximum absolute atomic E-state index is 10.4. The van der Waals surface area contributed by atoms with Crippen molar-refractivity contribution in [2.45, 2.75) is 51.0 Å². The summed E-state index contributed by atoms with van der Waals surface area (Å²) in [6.45, 7) is 2.16. The molecular weight excluding hydrogens is 160 g/mol. The number of rotatable bonds is 1. The molecule has 0 aliphatic heterocycles. The van der Waals surface area contributed by atoms with Crippen molar-refractivity contribution < 1.29 is 5.11 Å². The van der Waals surface area contributed by atoms with Crippen LogP contribution in [0.3, 0.4) is 0 Å². The van der Waals surface area contributed by atoms with E-state index < -0.39 is 0 Å². The highest BCUT2D eigenvalue weighted by atomic mass is 16.3. The minimum absolute atomic E-state index is 0.254. The first-order valence-electron chi connectivity index (χ1n) is 5.97. The first kappa shape index (κ1) is 8.28. The summed E-state index contributed by atoms with van der Waals surface area (Å²) in [5, 5.41) is 10.4. The molecule has 74 valence electrons. The van der Waals surface area contributed by atoms with E-state index in [1.807, 2.05) is 0 Å². The van der Waals surface area contributed by atoms with Gasteiger partial charge in [0, 0.05) is 0 Å². The van der Waals surface area contributed by atoms with Crippen molar-refractivity contribution in [1.82, 2.24) is 0 Å². The van der Waals surface area contributed by atoms with Gasteiger partial charge in [-0.15, -0.1) is 0 Å². The summed E-state index contributed by atoms with van der Waals surface area (Å²) in [6, 6.07) is 0. The third-order valence-corrected chi connectivity index (χ3v) is 5.22. The molecule has 0 heterocycles. The van der Waals surface area contributed by atoms with E-state index in [1.54, 1.807) is 0 Å². The molecule has 5 atom stereocenters. The molecule has 0 aromatic carbocycles. The molecule has 3 aliphatic rings. The molecule has 1 N–H and O–H groups in total. The fourth-order valence-electron chi connectivity index (χ4n) is 4.64. The molecule has 0 amide bonds. The summed E-state index contributed by atoms with van der Waals surface area (Å²) in [5.74, 6) is 3.48. The first-order chi connectivity index (χ1) is 6.24. The zero-order valence-electron chi connectivity index (χ0n) is 8.50. The second kappa shape index (κ2) is 2.50. The van der Waals surface area contributed by atoms with Gasteiger partial charge in [-0.2, -0.15) is 0 Å². The van der Waals surface area contributed by atoms with E-state index in [0.717, 1.165) is 30.6 Å². The zero-order chi connectivity index (χ0) is 9.05. The van der Waals surface area contributed by atoms with Gasteiger partial charge in [-0.25, -0.2) is 0 Å². The van der Waals surface area contributed by atoms with Crippen LogP contribution in [0.4, 0.5) is 0 Å². The van der Waals surface area contributed by atoms with Crippen molar-refractivity contribution in [2.24, 2.45) is 23.7 Å². The smallest absolute Gasteiger partial charge is 0.0678 e. The summed E-state index contributed by atoms with van der Waals surface area (Å²) >= 11 is 0. The Morgan fingerprint density at radius 1 is 1.31 bits per heavy atom. The van der Waals surface area contributed by atoms with Gasteiger partial charge in [-0.3, -0.25) is 0 Å². The normalized spacial score (nSPS) is 58.6. The molecule has 0 radical (unpaired) electrons. The topological polar surface area (TPSA) is 20.2 Å². The minimum Gasteiger partial charge on any atom is -0.390 e. The minimum atomic E-state index is -0.254. The number of fused-ring (bicyclic) bond motifs is 5. The quantitative estimate of drug-likeness (QED) is 0.657. The molecule has 1 nitrogen and oxygen atoms in total. The monoisotopic (exact) mass is 180 g/mol. The van der Waals surface area contributed by atoms with Gasteiger partial charge in [-0.05, 0) is 55.8 Å². The molecule has 0 aromatic rings. The van der Waals surface area contributed by atoms with Crippen LogP contribution in [0.5, 0.6) is 0 Å². The third-order valence-electron chi connectivity index (χ3n) is 5.22. The molecule has 2 bridgehead atoms. The molecule has 3 rings (SSSR count). The highest BCUT2D eigenvalue weighted by Crippen LogP contribution is 2.62. The van der Waals surface area contributed by atoms with Gasteiger partial charge in [0.2, 0.25) is 0 Å². The first-order valence-corrected chi connectivity index (χ1v) is 5.97. The molecule has 3 fully saturated rings. The molecule has 1 heteroatoms. The van der Waals surface area contributed by atoms with Crippen molar-refractivity contribution >= 4 is 0 Å². The molecule has 3 aliphatic carbocycles. The second-order valence-electron chi connectivity index (χ2n) is 5.52. The van der Waals surface area contributed by atoms with Crippen LogP contribution in [0.25, 0.3) is 0 Å². The van der Waals surface area contributed by atoms with Crippen molar-refractivity contribution in [3.63, 3.8) is 0 Å². The zero-order valence-corrected chi connectivity index (χ0v) is 8.50. The van der Waals surface area contributed by atoms with Crippen molar-refractivity contribution in [2.75, 3.05) is 0 Å². The number of hydrogen-bond acceptors (Lipinski definition) is 1. The molecule has 0 spiro atoms. The Balaban J connectivity index is 1.89. The van der Waals surface area contributed by atoms with Gasteiger partial charge in [0.05, 0.1) is 5.60 Å². The lowest BCUT2D eigenvalue weighted by atomic mass is 9.72. The Morgan fingerprint density at radius 2 is 2.08 bits per heavy atom. The van der Waals surface area contributed by atoms with E-state index in [9.17, 15) is 5.11 Å². The Hall–Kier alpha value is -0.0400. The van der Waals surface area contributed by atoms with Crippen LogP contribution in [0, 0.1) is 23.7 Å². The molecule has 0 aromatic heterocycles. The van der Waals surface area contributed by atoms with Crippen LogP contribution in [0.2, 0.25) is 0 Å². The van der Waals surface area contributed by atoms with Gasteiger partial charge in [-0.1, -0.05) is 13.3 Å². The molecular formula is C12H20O. The average molecular weight is 180 g/mol. The maximum Gasteiger partial charge on any atom is 0.0678 e. The van der Waals surface area contributed by atoms with Crippen LogP contribution < -0.4 is 0 Å². The third kappa shape index (κ3) is 0.918. The predicted molar refractivity (Wildman–Crippen MR) is 52.3 cm³/mol. The summed E-state index contributed by atoms with van der Waals surface area (Å²) in [5.41, 5.74) is -0.254. The van der Waals surface area contributed by atoms with E-state index in [4.69, 9.17) is 0 Å². The summed E-state index contributed by atoms with van der Waals surface area (Å²) in [7, 11) is 0. The molecule has 0 saturated heterocycles. The fraction of sp³-hybridized carbons (Fsp3) is 1.00. The van der Waals surface area contributed by atoms with Crippen LogP contribution in [-0.4, -0.2) is 10.7 Å².